The van der Waals surface area contributed by atoms with Crippen molar-refractivity contribution >= 4 is 60.7 Å². The molecule has 0 bridgehead atoms. The van der Waals surface area contributed by atoms with Gasteiger partial charge in [0.25, 0.3) is 5.91 Å². The second-order valence-corrected chi connectivity index (χ2v) is 6.63. The maximum absolute atomic E-state index is 12.1. The fourth-order valence-electron chi connectivity index (χ4n) is 2.50. The second-order valence-electron chi connectivity index (χ2n) is 5.22. The van der Waals surface area contributed by atoms with Gasteiger partial charge in [0.2, 0.25) is 0 Å². The lowest BCUT2D eigenvalue weighted by atomic mass is 10.1. The van der Waals surface area contributed by atoms with Crippen LogP contribution in [0.1, 0.15) is 17.4 Å². The van der Waals surface area contributed by atoms with Crippen LogP contribution in [0, 0.1) is 0 Å². The lowest BCUT2D eigenvalue weighted by molar-refractivity contribution is -0.135. The minimum atomic E-state index is -1.20. The fraction of sp³-hybridized carbons (Fsp3) is 0.188. The number of thiophene rings is 1. The zero-order valence-electron chi connectivity index (χ0n) is 13.1. The molecule has 0 spiro atoms. The maximum atomic E-state index is 12.1. The third-order valence-electron chi connectivity index (χ3n) is 3.54. The predicted molar refractivity (Wildman–Crippen MR) is 97.9 cm³/mol. The summed E-state index contributed by atoms with van der Waals surface area (Å²) in [5, 5.41) is 25.9. The standard InChI is InChI=1S/C16H14ClN3O4S/c1-2-18-7-3-4-9-8(5-7)11-14(25-9)13(23)12(20-15(11)17)16(24)19-6-10(21)22/h3-5,18,23H,2,6H2,1H3,(H,19,24)(H,21,22). The number of benzene rings is 1. The van der Waals surface area contributed by atoms with E-state index in [2.05, 4.69) is 15.6 Å². The third-order valence-corrected chi connectivity index (χ3v) is 4.99. The smallest absolute Gasteiger partial charge is 0.322 e. The second kappa shape index (κ2) is 6.73. The number of aromatic hydroxyl groups is 1. The molecule has 4 N–H and O–H groups in total. The highest BCUT2D eigenvalue weighted by Gasteiger charge is 2.22. The summed E-state index contributed by atoms with van der Waals surface area (Å²) in [6.45, 7) is 2.17. The van der Waals surface area contributed by atoms with Crippen molar-refractivity contribution in [3.8, 4) is 5.75 Å². The zero-order chi connectivity index (χ0) is 18.1. The molecule has 0 aliphatic rings. The molecule has 0 unspecified atom stereocenters. The van der Waals surface area contributed by atoms with Gasteiger partial charge in [-0.3, -0.25) is 9.59 Å². The Morgan fingerprint density at radius 2 is 2.12 bits per heavy atom. The Morgan fingerprint density at radius 1 is 1.36 bits per heavy atom. The first-order valence-corrected chi connectivity index (χ1v) is 8.60. The van der Waals surface area contributed by atoms with Crippen LogP contribution in [-0.4, -0.2) is 40.2 Å². The number of amides is 1. The molecule has 9 heteroatoms. The molecule has 3 aromatic rings. The minimum Gasteiger partial charge on any atom is -0.504 e. The first-order chi connectivity index (χ1) is 11.9. The summed E-state index contributed by atoms with van der Waals surface area (Å²) in [6.07, 6.45) is 0. The van der Waals surface area contributed by atoms with Gasteiger partial charge in [0.05, 0.1) is 4.70 Å². The minimum absolute atomic E-state index is 0.0770. The molecule has 0 aliphatic heterocycles. The van der Waals surface area contributed by atoms with Crippen LogP contribution in [0.3, 0.4) is 0 Å². The number of hydrogen-bond donors (Lipinski definition) is 4. The molecule has 1 aromatic carbocycles. The van der Waals surface area contributed by atoms with Crippen molar-refractivity contribution in [2.45, 2.75) is 6.92 Å². The van der Waals surface area contributed by atoms with Gasteiger partial charge in [0.15, 0.2) is 11.4 Å². The van der Waals surface area contributed by atoms with E-state index < -0.39 is 18.4 Å². The Balaban J connectivity index is 2.15. The molecular weight excluding hydrogens is 366 g/mol. The lowest BCUT2D eigenvalue weighted by Gasteiger charge is -2.06. The van der Waals surface area contributed by atoms with E-state index in [-0.39, 0.29) is 16.6 Å². The topological polar surface area (TPSA) is 112 Å². The lowest BCUT2D eigenvalue weighted by Crippen LogP contribution is -2.30. The van der Waals surface area contributed by atoms with E-state index in [0.717, 1.165) is 22.3 Å². The number of aromatic nitrogens is 1. The largest absolute Gasteiger partial charge is 0.504 e. The highest BCUT2D eigenvalue weighted by molar-refractivity contribution is 7.26. The summed E-state index contributed by atoms with van der Waals surface area (Å²) in [6, 6.07) is 5.73. The van der Waals surface area contributed by atoms with Crippen LogP contribution in [0.25, 0.3) is 20.2 Å². The number of rotatable bonds is 5. The van der Waals surface area contributed by atoms with Gasteiger partial charge >= 0.3 is 5.97 Å². The fourth-order valence-corrected chi connectivity index (χ4v) is 3.96. The number of pyridine rings is 1. The average Bonchev–Trinajstić information content (AvgIpc) is 2.96. The number of carboxylic acid groups (broad SMARTS) is 1. The number of nitrogens with one attached hydrogen (secondary N) is 2. The molecule has 0 saturated heterocycles. The van der Waals surface area contributed by atoms with Gasteiger partial charge in [-0.1, -0.05) is 11.6 Å². The molecule has 0 aliphatic carbocycles. The Bertz CT molecular complexity index is 1000. The van der Waals surface area contributed by atoms with Crippen LogP contribution in [-0.2, 0) is 4.79 Å². The molecule has 130 valence electrons. The number of hydrogen-bond acceptors (Lipinski definition) is 6. The Labute approximate surface area is 151 Å². The molecule has 25 heavy (non-hydrogen) atoms. The normalized spacial score (nSPS) is 11.0. The summed E-state index contributed by atoms with van der Waals surface area (Å²) in [7, 11) is 0. The molecule has 2 heterocycles. The van der Waals surface area contributed by atoms with Crippen molar-refractivity contribution in [1.29, 1.82) is 0 Å². The Hall–Kier alpha value is -2.58. The summed E-state index contributed by atoms with van der Waals surface area (Å²) in [4.78, 5) is 26.6. The molecular formula is C16H14ClN3O4S. The quantitative estimate of drug-likeness (QED) is 0.507. The maximum Gasteiger partial charge on any atom is 0.322 e. The predicted octanol–water partition coefficient (Wildman–Crippen LogP) is 3.05. The molecule has 3 rings (SSSR count). The van der Waals surface area contributed by atoms with Crippen LogP contribution in [0.4, 0.5) is 5.69 Å². The number of carboxylic acids is 1. The van der Waals surface area contributed by atoms with E-state index >= 15 is 0 Å². The van der Waals surface area contributed by atoms with Crippen molar-refractivity contribution in [2.75, 3.05) is 18.4 Å². The number of carbonyl (C=O) groups excluding carboxylic acids is 1. The Morgan fingerprint density at radius 3 is 2.80 bits per heavy atom. The van der Waals surface area contributed by atoms with Gasteiger partial charge in [-0.2, -0.15) is 0 Å². The monoisotopic (exact) mass is 379 g/mol. The number of halogens is 1. The summed E-state index contributed by atoms with van der Waals surface area (Å²) >= 11 is 7.55. The molecule has 7 nitrogen and oxygen atoms in total. The summed E-state index contributed by atoms with van der Waals surface area (Å²) in [5.74, 6) is -2.30. The molecule has 0 atom stereocenters. The van der Waals surface area contributed by atoms with Crippen molar-refractivity contribution in [2.24, 2.45) is 0 Å². The van der Waals surface area contributed by atoms with Gasteiger partial charge in [0.1, 0.15) is 11.7 Å². The van der Waals surface area contributed by atoms with Crippen LogP contribution in [0.5, 0.6) is 5.75 Å². The van der Waals surface area contributed by atoms with Gasteiger partial charge in [-0.05, 0) is 25.1 Å². The summed E-state index contributed by atoms with van der Waals surface area (Å²) < 4.78 is 1.32. The van der Waals surface area contributed by atoms with Gasteiger partial charge in [-0.15, -0.1) is 11.3 Å². The van der Waals surface area contributed by atoms with Gasteiger partial charge < -0.3 is 20.8 Å². The number of aliphatic carboxylic acids is 1. The number of anilines is 1. The molecule has 0 saturated carbocycles. The van der Waals surface area contributed by atoms with Gasteiger partial charge in [-0.25, -0.2) is 4.98 Å². The molecule has 0 fully saturated rings. The molecule has 0 radical (unpaired) electrons. The molecule has 2 aromatic heterocycles. The highest BCUT2D eigenvalue weighted by Crippen LogP contribution is 2.43. The number of nitrogens with zero attached hydrogens (tertiary/aromatic N) is 1. The van der Waals surface area contributed by atoms with E-state index in [1.165, 1.54) is 11.3 Å². The number of fused-ring (bicyclic) bond motifs is 3. The van der Waals surface area contributed by atoms with E-state index in [9.17, 15) is 14.7 Å². The average molecular weight is 380 g/mol. The first kappa shape index (κ1) is 17.2. The van der Waals surface area contributed by atoms with E-state index in [4.69, 9.17) is 16.7 Å². The van der Waals surface area contributed by atoms with Crippen LogP contribution >= 0.6 is 22.9 Å². The van der Waals surface area contributed by atoms with Crippen LogP contribution in [0.2, 0.25) is 5.15 Å². The van der Waals surface area contributed by atoms with Crippen molar-refractivity contribution in [3.05, 3.63) is 29.0 Å². The SMILES string of the molecule is CCNc1ccc2sc3c(O)c(C(=O)NCC(=O)O)nc(Cl)c3c2c1. The molecule has 1 amide bonds. The Kier molecular flexibility index (Phi) is 4.65. The zero-order valence-corrected chi connectivity index (χ0v) is 14.7. The van der Waals surface area contributed by atoms with Gasteiger partial charge in [0, 0.05) is 27.7 Å². The van der Waals surface area contributed by atoms with Crippen molar-refractivity contribution < 1.29 is 19.8 Å². The van der Waals surface area contributed by atoms with E-state index in [0.29, 0.717) is 10.1 Å². The van der Waals surface area contributed by atoms with Crippen LogP contribution in [0.15, 0.2) is 18.2 Å². The first-order valence-electron chi connectivity index (χ1n) is 7.41. The highest BCUT2D eigenvalue weighted by atomic mass is 35.5. The third kappa shape index (κ3) is 3.18. The van der Waals surface area contributed by atoms with Crippen molar-refractivity contribution in [1.82, 2.24) is 10.3 Å². The van der Waals surface area contributed by atoms with Crippen LogP contribution < -0.4 is 10.6 Å². The van der Waals surface area contributed by atoms with Crippen molar-refractivity contribution in [3.63, 3.8) is 0 Å². The number of carbonyl (C=O) groups is 2. The summed E-state index contributed by atoms with van der Waals surface area (Å²) in [5.41, 5.74) is 0.616. The van der Waals surface area contributed by atoms with E-state index in [1.807, 2.05) is 25.1 Å². The van der Waals surface area contributed by atoms with E-state index in [1.54, 1.807) is 0 Å².